The summed E-state index contributed by atoms with van der Waals surface area (Å²) in [4.78, 5) is 0. The summed E-state index contributed by atoms with van der Waals surface area (Å²) in [6.07, 6.45) is 18.3. The van der Waals surface area contributed by atoms with Crippen LogP contribution < -0.4 is 28.4 Å². The van der Waals surface area contributed by atoms with Crippen molar-refractivity contribution >= 4 is 0 Å². The van der Waals surface area contributed by atoms with Crippen molar-refractivity contribution in [2.24, 2.45) is 0 Å². The lowest BCUT2D eigenvalue weighted by Gasteiger charge is -2.38. The maximum absolute atomic E-state index is 6.62. The molecule has 0 saturated heterocycles. The predicted molar refractivity (Wildman–Crippen MR) is 190 cm³/mol. The van der Waals surface area contributed by atoms with E-state index in [-0.39, 0.29) is 11.8 Å². The summed E-state index contributed by atoms with van der Waals surface area (Å²) in [7, 11) is 0. The third kappa shape index (κ3) is 7.13. The number of hydrogen-bond donors (Lipinski definition) is 0. The van der Waals surface area contributed by atoms with Crippen LogP contribution in [0.3, 0.4) is 0 Å². The van der Waals surface area contributed by atoms with Crippen LogP contribution in [0.15, 0.2) is 122 Å². The standard InChI is InChI=1S/C42H42O6/c1-5-9-21-43-29-13-17-33-37(25-29)47-38-26-30(44-22-10-6-2)14-18-34(38)41(33)42-35-19-15-31(45-23-11-7-3)27-39(35)48-40-28-32(16-20-36(40)42)46-24-12-8-4/h9-28,41-42H,5-8H2,1-4H3. The van der Waals surface area contributed by atoms with Gasteiger partial charge in [0.1, 0.15) is 46.0 Å². The van der Waals surface area contributed by atoms with E-state index in [1.54, 1.807) is 25.0 Å². The normalized spacial score (nSPS) is 16.2. The van der Waals surface area contributed by atoms with Crippen LogP contribution in [0.5, 0.6) is 46.0 Å². The molecule has 6 heteroatoms. The van der Waals surface area contributed by atoms with E-state index in [1.807, 2.05) is 72.8 Å². The average molecular weight is 643 g/mol. The van der Waals surface area contributed by atoms with Crippen LogP contribution in [0, 0.1) is 0 Å². The summed E-state index contributed by atoms with van der Waals surface area (Å²) in [5.74, 6) is 5.52. The molecule has 0 unspecified atom stereocenters. The van der Waals surface area contributed by atoms with Crippen LogP contribution in [0.2, 0.25) is 0 Å². The SMILES string of the molecule is CCC=COc1ccc2c(c1)Oc1cc(OC=CCC)ccc1C2C1c2ccc(OC=CCC)cc2Oc2cc(OC=CCC)ccc21. The molecule has 246 valence electrons. The molecule has 0 aromatic heterocycles. The quantitative estimate of drug-likeness (QED) is 0.135. The van der Waals surface area contributed by atoms with Gasteiger partial charge in [-0.05, 0) is 74.3 Å². The van der Waals surface area contributed by atoms with Crippen molar-refractivity contribution < 1.29 is 28.4 Å². The Hall–Kier alpha value is -5.36. The molecule has 2 heterocycles. The minimum atomic E-state index is -0.121. The van der Waals surface area contributed by atoms with Crippen LogP contribution in [0.25, 0.3) is 0 Å². The van der Waals surface area contributed by atoms with Crippen molar-refractivity contribution in [1.82, 2.24) is 0 Å². The van der Waals surface area contributed by atoms with Gasteiger partial charge in [-0.2, -0.15) is 0 Å². The summed E-state index contributed by atoms with van der Waals surface area (Å²) in [6.45, 7) is 8.29. The monoisotopic (exact) mass is 642 g/mol. The molecule has 4 aromatic rings. The molecule has 6 rings (SSSR count). The first-order chi connectivity index (χ1) is 23.6. The zero-order valence-corrected chi connectivity index (χ0v) is 28.0. The van der Waals surface area contributed by atoms with Crippen molar-refractivity contribution in [2.75, 3.05) is 0 Å². The zero-order chi connectivity index (χ0) is 33.3. The molecule has 2 aliphatic rings. The molecule has 0 fully saturated rings. The maximum atomic E-state index is 6.62. The molecule has 0 bridgehead atoms. The molecular formula is C42H42O6. The van der Waals surface area contributed by atoms with E-state index in [4.69, 9.17) is 28.4 Å². The van der Waals surface area contributed by atoms with Crippen molar-refractivity contribution in [3.8, 4) is 46.0 Å². The van der Waals surface area contributed by atoms with Gasteiger partial charge < -0.3 is 28.4 Å². The molecule has 2 aliphatic heterocycles. The fourth-order valence-corrected chi connectivity index (χ4v) is 5.92. The van der Waals surface area contributed by atoms with E-state index < -0.39 is 0 Å². The van der Waals surface area contributed by atoms with E-state index in [9.17, 15) is 0 Å². The van der Waals surface area contributed by atoms with Gasteiger partial charge in [-0.3, -0.25) is 0 Å². The summed E-state index contributed by atoms with van der Waals surface area (Å²) in [5, 5.41) is 0. The molecule has 6 nitrogen and oxygen atoms in total. The topological polar surface area (TPSA) is 55.4 Å². The van der Waals surface area contributed by atoms with Crippen LogP contribution in [-0.4, -0.2) is 0 Å². The summed E-state index contributed by atoms with van der Waals surface area (Å²) >= 11 is 0. The zero-order valence-electron chi connectivity index (χ0n) is 28.0. The number of fused-ring (bicyclic) bond motifs is 4. The van der Waals surface area contributed by atoms with Crippen LogP contribution >= 0.6 is 0 Å². The van der Waals surface area contributed by atoms with Gasteiger partial charge >= 0.3 is 0 Å². The first-order valence-corrected chi connectivity index (χ1v) is 16.8. The van der Waals surface area contributed by atoms with E-state index in [1.165, 1.54) is 0 Å². The average Bonchev–Trinajstić information content (AvgIpc) is 3.10. The lowest BCUT2D eigenvalue weighted by molar-refractivity contribution is 0.400. The van der Waals surface area contributed by atoms with E-state index in [2.05, 4.69) is 52.0 Å². The second kappa shape index (κ2) is 15.5. The Balaban J connectivity index is 1.51. The minimum Gasteiger partial charge on any atom is -0.465 e. The smallest absolute Gasteiger partial charge is 0.135 e. The Morgan fingerprint density at radius 2 is 0.667 bits per heavy atom. The van der Waals surface area contributed by atoms with Gasteiger partial charge in [-0.1, -0.05) is 52.0 Å². The molecule has 0 N–H and O–H groups in total. The van der Waals surface area contributed by atoms with Gasteiger partial charge in [0.25, 0.3) is 0 Å². The van der Waals surface area contributed by atoms with E-state index in [0.717, 1.165) is 70.9 Å². The maximum Gasteiger partial charge on any atom is 0.135 e. The minimum absolute atomic E-state index is 0.121. The highest BCUT2D eigenvalue weighted by molar-refractivity contribution is 5.65. The van der Waals surface area contributed by atoms with Crippen molar-refractivity contribution in [3.63, 3.8) is 0 Å². The first-order valence-electron chi connectivity index (χ1n) is 16.8. The Kier molecular flexibility index (Phi) is 10.5. The number of ether oxygens (including phenoxy) is 6. The number of hydrogen-bond acceptors (Lipinski definition) is 6. The lowest BCUT2D eigenvalue weighted by atomic mass is 9.71. The molecule has 4 aromatic carbocycles. The highest BCUT2D eigenvalue weighted by Gasteiger charge is 2.40. The van der Waals surface area contributed by atoms with Crippen molar-refractivity contribution in [1.29, 1.82) is 0 Å². The van der Waals surface area contributed by atoms with E-state index >= 15 is 0 Å². The Morgan fingerprint density at radius 1 is 0.417 bits per heavy atom. The molecular weight excluding hydrogens is 600 g/mol. The first kappa shape index (κ1) is 32.6. The highest BCUT2D eigenvalue weighted by atomic mass is 16.5. The van der Waals surface area contributed by atoms with Gasteiger partial charge in [0, 0.05) is 58.4 Å². The fourth-order valence-electron chi connectivity index (χ4n) is 5.92. The summed E-state index contributed by atoms with van der Waals surface area (Å²) in [5.41, 5.74) is 4.20. The molecule has 48 heavy (non-hydrogen) atoms. The molecule has 0 saturated carbocycles. The van der Waals surface area contributed by atoms with Crippen LogP contribution in [-0.2, 0) is 0 Å². The predicted octanol–water partition coefficient (Wildman–Crippen LogP) is 12.1. The third-order valence-electron chi connectivity index (χ3n) is 8.20. The second-order valence-electron chi connectivity index (χ2n) is 11.5. The molecule has 0 radical (unpaired) electrons. The van der Waals surface area contributed by atoms with Gasteiger partial charge in [0.05, 0.1) is 25.0 Å². The largest absolute Gasteiger partial charge is 0.465 e. The number of allylic oxidation sites excluding steroid dienone is 4. The van der Waals surface area contributed by atoms with E-state index in [0.29, 0.717) is 23.0 Å². The number of benzene rings is 4. The van der Waals surface area contributed by atoms with Gasteiger partial charge in [-0.15, -0.1) is 0 Å². The molecule has 0 aliphatic carbocycles. The van der Waals surface area contributed by atoms with Crippen LogP contribution in [0.1, 0.15) is 87.5 Å². The van der Waals surface area contributed by atoms with Crippen molar-refractivity contribution in [3.05, 3.63) is 144 Å². The third-order valence-corrected chi connectivity index (χ3v) is 8.20. The summed E-state index contributed by atoms with van der Waals surface area (Å²) in [6, 6.07) is 24.3. The number of rotatable bonds is 13. The van der Waals surface area contributed by atoms with Gasteiger partial charge in [0.15, 0.2) is 0 Å². The molecule has 0 amide bonds. The Bertz CT molecular complexity index is 1580. The Labute approximate surface area is 283 Å². The van der Waals surface area contributed by atoms with Crippen LogP contribution in [0.4, 0.5) is 0 Å². The molecule has 0 spiro atoms. The molecule has 0 atom stereocenters. The van der Waals surface area contributed by atoms with Gasteiger partial charge in [-0.25, -0.2) is 0 Å². The highest BCUT2D eigenvalue weighted by Crippen LogP contribution is 2.58. The fraction of sp³-hybridized carbons (Fsp3) is 0.238. The Morgan fingerprint density at radius 3 is 0.896 bits per heavy atom. The summed E-state index contributed by atoms with van der Waals surface area (Å²) < 4.78 is 37.0. The van der Waals surface area contributed by atoms with Gasteiger partial charge in [0.2, 0.25) is 0 Å². The lowest BCUT2D eigenvalue weighted by Crippen LogP contribution is -2.22. The second-order valence-corrected chi connectivity index (χ2v) is 11.5. The van der Waals surface area contributed by atoms with Crippen molar-refractivity contribution in [2.45, 2.75) is 65.2 Å².